The van der Waals surface area contributed by atoms with Crippen molar-refractivity contribution in [2.45, 2.75) is 13.5 Å². The van der Waals surface area contributed by atoms with Gasteiger partial charge < -0.3 is 10.5 Å². The fourth-order valence-corrected chi connectivity index (χ4v) is 2.09. The fraction of sp³-hybridized carbons (Fsp3) is 0.200. The van der Waals surface area contributed by atoms with Crippen LogP contribution in [0.15, 0.2) is 42.5 Å². The van der Waals surface area contributed by atoms with Gasteiger partial charge in [0.2, 0.25) is 0 Å². The first kappa shape index (κ1) is 12.5. The van der Waals surface area contributed by atoms with Gasteiger partial charge in [-0.05, 0) is 29.8 Å². The van der Waals surface area contributed by atoms with Gasteiger partial charge in [0.1, 0.15) is 12.4 Å². The second-order valence-corrected chi connectivity index (χ2v) is 4.64. The van der Waals surface area contributed by atoms with Gasteiger partial charge in [-0.25, -0.2) is 4.68 Å². The number of hydrogen-bond donors (Lipinski definition) is 1. The van der Waals surface area contributed by atoms with Crippen LogP contribution in [0.2, 0.25) is 0 Å². The molecular weight excluding hydrogens is 252 g/mol. The molecule has 0 radical (unpaired) electrons. The van der Waals surface area contributed by atoms with Gasteiger partial charge in [-0.1, -0.05) is 35.5 Å². The van der Waals surface area contributed by atoms with Crippen molar-refractivity contribution in [1.82, 2.24) is 15.0 Å². The van der Waals surface area contributed by atoms with E-state index in [4.69, 9.17) is 10.5 Å². The summed E-state index contributed by atoms with van der Waals surface area (Å²) in [5.41, 5.74) is 6.52. The number of nitrogens with two attached hydrogens (primary N) is 1. The quantitative estimate of drug-likeness (QED) is 0.789. The number of rotatable bonds is 4. The van der Waals surface area contributed by atoms with Crippen LogP contribution in [-0.2, 0) is 6.54 Å². The molecule has 20 heavy (non-hydrogen) atoms. The van der Waals surface area contributed by atoms with Crippen molar-refractivity contribution in [3.8, 4) is 5.75 Å². The molecule has 0 unspecified atom stereocenters. The zero-order valence-corrected chi connectivity index (χ0v) is 11.3. The smallest absolute Gasteiger partial charge is 0.168 e. The fourth-order valence-electron chi connectivity index (χ4n) is 2.09. The highest BCUT2D eigenvalue weighted by Gasteiger charge is 2.04. The molecule has 0 bridgehead atoms. The first-order valence-corrected chi connectivity index (χ1v) is 6.51. The zero-order chi connectivity index (χ0) is 13.9. The summed E-state index contributed by atoms with van der Waals surface area (Å²) in [5, 5.41) is 10.2. The molecule has 3 rings (SSSR count). The van der Waals surface area contributed by atoms with Gasteiger partial charge in [-0.2, -0.15) is 0 Å². The van der Waals surface area contributed by atoms with Gasteiger partial charge in [0, 0.05) is 0 Å². The van der Waals surface area contributed by atoms with Crippen LogP contribution in [0.25, 0.3) is 10.8 Å². The molecule has 2 aromatic carbocycles. The highest BCUT2D eigenvalue weighted by molar-refractivity contribution is 5.83. The molecule has 0 aliphatic carbocycles. The Balaban J connectivity index is 1.66. The van der Waals surface area contributed by atoms with Gasteiger partial charge >= 0.3 is 0 Å². The van der Waals surface area contributed by atoms with Crippen LogP contribution in [0.3, 0.4) is 0 Å². The van der Waals surface area contributed by atoms with Crippen molar-refractivity contribution >= 4 is 16.6 Å². The van der Waals surface area contributed by atoms with Crippen LogP contribution in [0.5, 0.6) is 5.75 Å². The monoisotopic (exact) mass is 268 g/mol. The van der Waals surface area contributed by atoms with Crippen LogP contribution >= 0.6 is 0 Å². The maximum absolute atomic E-state index is 5.75. The molecule has 0 saturated heterocycles. The van der Waals surface area contributed by atoms with E-state index >= 15 is 0 Å². The first-order chi connectivity index (χ1) is 9.74. The van der Waals surface area contributed by atoms with Crippen LogP contribution in [0.1, 0.15) is 5.69 Å². The lowest BCUT2D eigenvalue weighted by molar-refractivity contribution is 0.288. The Kier molecular flexibility index (Phi) is 3.25. The van der Waals surface area contributed by atoms with Crippen molar-refractivity contribution in [1.29, 1.82) is 0 Å². The van der Waals surface area contributed by atoms with Gasteiger partial charge in [-0.3, -0.25) is 0 Å². The van der Waals surface area contributed by atoms with Crippen LogP contribution < -0.4 is 10.5 Å². The average Bonchev–Trinajstić information content (AvgIpc) is 2.79. The lowest BCUT2D eigenvalue weighted by Gasteiger charge is -2.08. The molecule has 2 N–H and O–H groups in total. The summed E-state index contributed by atoms with van der Waals surface area (Å²) in [6.45, 7) is 3.05. The summed E-state index contributed by atoms with van der Waals surface area (Å²) in [7, 11) is 0. The molecule has 0 aliphatic rings. The Morgan fingerprint density at radius 1 is 1.15 bits per heavy atom. The lowest BCUT2D eigenvalue weighted by atomic mass is 10.1. The van der Waals surface area contributed by atoms with E-state index in [0.717, 1.165) is 11.4 Å². The molecule has 0 atom stereocenters. The van der Waals surface area contributed by atoms with Crippen molar-refractivity contribution in [2.75, 3.05) is 12.3 Å². The summed E-state index contributed by atoms with van der Waals surface area (Å²) < 4.78 is 7.50. The van der Waals surface area contributed by atoms with Gasteiger partial charge in [0.25, 0.3) is 0 Å². The van der Waals surface area contributed by atoms with Crippen LogP contribution in [0.4, 0.5) is 5.82 Å². The van der Waals surface area contributed by atoms with E-state index < -0.39 is 0 Å². The number of nitrogen functional groups attached to an aromatic ring is 1. The molecule has 0 spiro atoms. The van der Waals surface area contributed by atoms with Crippen LogP contribution in [-0.4, -0.2) is 21.6 Å². The minimum atomic E-state index is 0.468. The Labute approximate surface area is 117 Å². The molecule has 5 heteroatoms. The summed E-state index contributed by atoms with van der Waals surface area (Å²) in [6.07, 6.45) is 0. The lowest BCUT2D eigenvalue weighted by Crippen LogP contribution is -2.11. The second kappa shape index (κ2) is 5.21. The number of ether oxygens (including phenoxy) is 1. The van der Waals surface area contributed by atoms with E-state index in [-0.39, 0.29) is 0 Å². The molecule has 0 aliphatic heterocycles. The number of nitrogens with zero attached hydrogens (tertiary/aromatic N) is 3. The topological polar surface area (TPSA) is 66.0 Å². The maximum atomic E-state index is 5.75. The highest BCUT2D eigenvalue weighted by Crippen LogP contribution is 2.20. The largest absolute Gasteiger partial charge is 0.492 e. The Bertz CT molecular complexity index is 736. The molecule has 0 fully saturated rings. The number of anilines is 1. The second-order valence-electron chi connectivity index (χ2n) is 4.64. The molecule has 1 aromatic heterocycles. The molecule has 5 nitrogen and oxygen atoms in total. The number of aromatic nitrogens is 3. The number of benzene rings is 2. The summed E-state index contributed by atoms with van der Waals surface area (Å²) in [6, 6.07) is 14.3. The summed E-state index contributed by atoms with van der Waals surface area (Å²) in [5.74, 6) is 1.32. The third-order valence-electron chi connectivity index (χ3n) is 3.31. The van der Waals surface area contributed by atoms with Crippen LogP contribution in [0, 0.1) is 6.92 Å². The predicted molar refractivity (Wildman–Crippen MR) is 78.6 cm³/mol. The average molecular weight is 268 g/mol. The van der Waals surface area contributed by atoms with E-state index in [0.29, 0.717) is 19.0 Å². The minimum absolute atomic E-state index is 0.468. The normalized spacial score (nSPS) is 10.8. The highest BCUT2D eigenvalue weighted by atomic mass is 16.5. The van der Waals surface area contributed by atoms with Crippen molar-refractivity contribution in [3.05, 3.63) is 48.2 Å². The van der Waals surface area contributed by atoms with E-state index in [1.165, 1.54) is 10.8 Å². The van der Waals surface area contributed by atoms with Gasteiger partial charge in [-0.15, -0.1) is 5.10 Å². The van der Waals surface area contributed by atoms with E-state index in [9.17, 15) is 0 Å². The van der Waals surface area contributed by atoms with E-state index in [2.05, 4.69) is 28.5 Å². The SMILES string of the molecule is Cc1c(N)nnn1CCOc1ccc2ccccc2c1. The molecule has 1 heterocycles. The Hall–Kier alpha value is -2.56. The van der Waals surface area contributed by atoms with E-state index in [1.54, 1.807) is 4.68 Å². The maximum Gasteiger partial charge on any atom is 0.168 e. The molecule has 102 valence electrons. The zero-order valence-electron chi connectivity index (χ0n) is 11.3. The molecule has 0 amide bonds. The number of fused-ring (bicyclic) bond motifs is 1. The Morgan fingerprint density at radius 2 is 1.95 bits per heavy atom. The summed E-state index contributed by atoms with van der Waals surface area (Å²) in [4.78, 5) is 0. The minimum Gasteiger partial charge on any atom is -0.492 e. The van der Waals surface area contributed by atoms with Gasteiger partial charge in [0.05, 0.1) is 12.2 Å². The molecule has 0 saturated carbocycles. The van der Waals surface area contributed by atoms with Crippen molar-refractivity contribution < 1.29 is 4.74 Å². The molecular formula is C15H16N4O. The first-order valence-electron chi connectivity index (χ1n) is 6.51. The molecule has 3 aromatic rings. The summed E-state index contributed by atoms with van der Waals surface area (Å²) >= 11 is 0. The van der Waals surface area contributed by atoms with Crippen molar-refractivity contribution in [2.24, 2.45) is 0 Å². The standard InChI is InChI=1S/C15H16N4O/c1-11-15(16)17-18-19(11)8-9-20-14-7-6-12-4-2-3-5-13(12)10-14/h2-7,10H,8-9,16H2,1H3. The van der Waals surface area contributed by atoms with E-state index in [1.807, 2.05) is 31.2 Å². The third kappa shape index (κ3) is 2.42. The number of hydrogen-bond acceptors (Lipinski definition) is 4. The Morgan fingerprint density at radius 3 is 2.70 bits per heavy atom. The predicted octanol–water partition coefficient (Wildman–Crippen LogP) is 2.40. The van der Waals surface area contributed by atoms with Crippen molar-refractivity contribution in [3.63, 3.8) is 0 Å². The van der Waals surface area contributed by atoms with Gasteiger partial charge in [0.15, 0.2) is 5.82 Å². The third-order valence-corrected chi connectivity index (χ3v) is 3.31.